The Morgan fingerprint density at radius 3 is 3.18 bits per heavy atom. The SMILES string of the molecule is CN1CCC2=N[N]C(N)=C2C1. The Balaban J connectivity index is 2.25. The van der Waals surface area contributed by atoms with Crippen LogP contribution in [0, 0.1) is 0 Å². The van der Waals surface area contributed by atoms with Crippen molar-refractivity contribution in [3.05, 3.63) is 11.4 Å². The van der Waals surface area contributed by atoms with Gasteiger partial charge in [-0.1, -0.05) is 0 Å². The van der Waals surface area contributed by atoms with Crippen molar-refractivity contribution in [3.8, 4) is 0 Å². The molecule has 2 aliphatic rings. The molecule has 0 saturated carbocycles. The third-order valence-corrected chi connectivity index (χ3v) is 2.09. The molecule has 1 fully saturated rings. The third-order valence-electron chi connectivity index (χ3n) is 2.09. The normalized spacial score (nSPS) is 24.6. The monoisotopic (exact) mass is 151 g/mol. The molecule has 1 saturated heterocycles. The summed E-state index contributed by atoms with van der Waals surface area (Å²) >= 11 is 0. The van der Waals surface area contributed by atoms with Gasteiger partial charge in [-0.05, 0) is 7.05 Å². The molecule has 0 aromatic heterocycles. The number of piperidine rings is 1. The Morgan fingerprint density at radius 2 is 2.36 bits per heavy atom. The summed E-state index contributed by atoms with van der Waals surface area (Å²) in [7, 11) is 2.08. The number of hydrogen-bond donors (Lipinski definition) is 1. The molecule has 0 atom stereocenters. The maximum Gasteiger partial charge on any atom is 0.152 e. The fourth-order valence-corrected chi connectivity index (χ4v) is 1.40. The first-order valence-corrected chi connectivity index (χ1v) is 3.72. The quantitative estimate of drug-likeness (QED) is 0.506. The molecule has 0 bridgehead atoms. The molecule has 0 aromatic rings. The van der Waals surface area contributed by atoms with Gasteiger partial charge in [-0.25, -0.2) is 0 Å². The van der Waals surface area contributed by atoms with Crippen LogP contribution in [0.15, 0.2) is 16.5 Å². The lowest BCUT2D eigenvalue weighted by Crippen LogP contribution is -2.32. The molecule has 4 heteroatoms. The Kier molecular flexibility index (Phi) is 1.35. The van der Waals surface area contributed by atoms with Crippen LogP contribution < -0.4 is 11.2 Å². The molecule has 2 rings (SSSR count). The second kappa shape index (κ2) is 2.23. The average Bonchev–Trinajstić information content (AvgIpc) is 2.33. The summed E-state index contributed by atoms with van der Waals surface area (Å²) in [5.74, 6) is 0.603. The van der Waals surface area contributed by atoms with Crippen LogP contribution in [0.5, 0.6) is 0 Å². The van der Waals surface area contributed by atoms with Gasteiger partial charge in [0.25, 0.3) is 0 Å². The van der Waals surface area contributed by atoms with Gasteiger partial charge >= 0.3 is 0 Å². The van der Waals surface area contributed by atoms with Crippen LogP contribution in [0.2, 0.25) is 0 Å². The average molecular weight is 151 g/mol. The molecule has 0 amide bonds. The van der Waals surface area contributed by atoms with E-state index in [4.69, 9.17) is 5.73 Å². The maximum atomic E-state index is 5.62. The zero-order valence-electron chi connectivity index (χ0n) is 6.54. The van der Waals surface area contributed by atoms with Crippen LogP contribution in [-0.2, 0) is 0 Å². The van der Waals surface area contributed by atoms with Crippen LogP contribution in [0.25, 0.3) is 0 Å². The van der Waals surface area contributed by atoms with Gasteiger partial charge in [-0.3, -0.25) is 0 Å². The second-order valence-electron chi connectivity index (χ2n) is 3.00. The number of likely N-dealkylation sites (tertiary alicyclic amines) is 1. The Hall–Kier alpha value is -1.03. The van der Waals surface area contributed by atoms with E-state index in [-0.39, 0.29) is 0 Å². The summed E-state index contributed by atoms with van der Waals surface area (Å²) in [6.45, 7) is 1.96. The van der Waals surface area contributed by atoms with E-state index in [2.05, 4.69) is 22.5 Å². The van der Waals surface area contributed by atoms with Crippen LogP contribution >= 0.6 is 0 Å². The number of nitrogens with two attached hydrogens (primary N) is 1. The van der Waals surface area contributed by atoms with Gasteiger partial charge in [0.1, 0.15) is 0 Å². The molecule has 2 N–H and O–H groups in total. The molecule has 2 heterocycles. The van der Waals surface area contributed by atoms with E-state index >= 15 is 0 Å². The van der Waals surface area contributed by atoms with Crippen molar-refractivity contribution >= 4 is 5.71 Å². The summed E-state index contributed by atoms with van der Waals surface area (Å²) in [6.07, 6.45) is 0.982. The lowest BCUT2D eigenvalue weighted by Gasteiger charge is -2.23. The highest BCUT2D eigenvalue weighted by Gasteiger charge is 2.24. The predicted molar refractivity (Wildman–Crippen MR) is 42.9 cm³/mol. The molecular weight excluding hydrogens is 140 g/mol. The van der Waals surface area contributed by atoms with Crippen LogP contribution in [0.1, 0.15) is 6.42 Å². The fourth-order valence-electron chi connectivity index (χ4n) is 1.40. The Morgan fingerprint density at radius 1 is 1.55 bits per heavy atom. The molecule has 0 aromatic carbocycles. The maximum absolute atomic E-state index is 5.62. The number of fused-ring (bicyclic) bond motifs is 1. The van der Waals surface area contributed by atoms with Crippen molar-refractivity contribution in [1.29, 1.82) is 0 Å². The first kappa shape index (κ1) is 6.67. The summed E-state index contributed by atoms with van der Waals surface area (Å²) in [4.78, 5) is 2.22. The summed E-state index contributed by atoms with van der Waals surface area (Å²) in [5.41, 5.74) is 11.7. The smallest absolute Gasteiger partial charge is 0.152 e. The topological polar surface area (TPSA) is 55.7 Å². The van der Waals surface area contributed by atoms with Crippen LogP contribution in [-0.4, -0.2) is 30.7 Å². The van der Waals surface area contributed by atoms with Crippen molar-refractivity contribution in [2.45, 2.75) is 6.42 Å². The molecule has 0 aliphatic carbocycles. The zero-order chi connectivity index (χ0) is 7.84. The first-order chi connectivity index (χ1) is 5.27. The van der Waals surface area contributed by atoms with Gasteiger partial charge in [-0.15, -0.1) is 5.43 Å². The molecule has 59 valence electrons. The van der Waals surface area contributed by atoms with E-state index in [1.807, 2.05) is 0 Å². The zero-order valence-corrected chi connectivity index (χ0v) is 6.54. The number of hydrogen-bond acceptors (Lipinski definition) is 3. The fraction of sp³-hybridized carbons (Fsp3) is 0.571. The molecule has 1 radical (unpaired) electrons. The van der Waals surface area contributed by atoms with Crippen molar-refractivity contribution in [1.82, 2.24) is 10.3 Å². The van der Waals surface area contributed by atoms with Gasteiger partial charge in [0.2, 0.25) is 0 Å². The van der Waals surface area contributed by atoms with Gasteiger partial charge in [0, 0.05) is 25.1 Å². The third kappa shape index (κ3) is 0.991. The minimum absolute atomic E-state index is 0.603. The van der Waals surface area contributed by atoms with Crippen molar-refractivity contribution in [3.63, 3.8) is 0 Å². The minimum Gasteiger partial charge on any atom is -0.382 e. The van der Waals surface area contributed by atoms with Crippen molar-refractivity contribution in [2.75, 3.05) is 20.1 Å². The highest BCUT2D eigenvalue weighted by molar-refractivity contribution is 6.03. The van der Waals surface area contributed by atoms with Gasteiger partial charge < -0.3 is 10.6 Å². The van der Waals surface area contributed by atoms with E-state index in [0.717, 1.165) is 30.8 Å². The van der Waals surface area contributed by atoms with E-state index in [1.165, 1.54) is 0 Å². The summed E-state index contributed by atoms with van der Waals surface area (Å²) in [6, 6.07) is 0. The second-order valence-corrected chi connectivity index (χ2v) is 3.00. The number of likely N-dealkylation sites (N-methyl/N-ethyl adjacent to an activating group) is 1. The molecule has 0 spiro atoms. The molecule has 11 heavy (non-hydrogen) atoms. The van der Waals surface area contributed by atoms with E-state index in [1.54, 1.807) is 0 Å². The molecule has 0 unspecified atom stereocenters. The van der Waals surface area contributed by atoms with Gasteiger partial charge in [0.15, 0.2) is 5.82 Å². The Labute approximate surface area is 65.7 Å². The van der Waals surface area contributed by atoms with E-state index < -0.39 is 0 Å². The lowest BCUT2D eigenvalue weighted by molar-refractivity contribution is 0.365. The standard InChI is InChI=1S/C7H11N4/c1-11-3-2-6-5(4-11)7(8)10-9-6/h2-4,8H2,1H3. The van der Waals surface area contributed by atoms with Crippen molar-refractivity contribution in [2.24, 2.45) is 10.8 Å². The Bertz CT molecular complexity index is 241. The van der Waals surface area contributed by atoms with Crippen molar-refractivity contribution < 1.29 is 0 Å². The predicted octanol–water partition coefficient (Wildman–Crippen LogP) is -0.534. The van der Waals surface area contributed by atoms with Crippen LogP contribution in [0.3, 0.4) is 0 Å². The molecular formula is C7H11N4. The lowest BCUT2D eigenvalue weighted by atomic mass is 10.0. The molecule has 4 nitrogen and oxygen atoms in total. The van der Waals surface area contributed by atoms with Gasteiger partial charge in [-0.2, -0.15) is 5.10 Å². The highest BCUT2D eigenvalue weighted by atomic mass is 15.4. The highest BCUT2D eigenvalue weighted by Crippen LogP contribution is 2.17. The first-order valence-electron chi connectivity index (χ1n) is 3.72. The largest absolute Gasteiger partial charge is 0.382 e. The molecule has 2 aliphatic heterocycles. The number of rotatable bonds is 0. The van der Waals surface area contributed by atoms with E-state index in [0.29, 0.717) is 5.82 Å². The van der Waals surface area contributed by atoms with E-state index in [9.17, 15) is 0 Å². The number of nitrogens with zero attached hydrogens (tertiary/aromatic N) is 3. The summed E-state index contributed by atoms with van der Waals surface area (Å²) < 4.78 is 0. The minimum atomic E-state index is 0.603. The summed E-state index contributed by atoms with van der Waals surface area (Å²) in [5, 5.41) is 3.99. The van der Waals surface area contributed by atoms with Crippen LogP contribution in [0.4, 0.5) is 0 Å². The van der Waals surface area contributed by atoms with Gasteiger partial charge in [0.05, 0.1) is 5.71 Å².